The molecular formula is C12H16N4O. The fourth-order valence-electron chi connectivity index (χ4n) is 1.48. The third kappa shape index (κ3) is 2.90. The van der Waals surface area contributed by atoms with Gasteiger partial charge < -0.3 is 10.1 Å². The van der Waals surface area contributed by atoms with Crippen LogP contribution in [0.3, 0.4) is 0 Å². The van der Waals surface area contributed by atoms with Gasteiger partial charge in [0.25, 0.3) is 0 Å². The maximum Gasteiger partial charge on any atom is 0.210 e. The van der Waals surface area contributed by atoms with E-state index in [9.17, 15) is 0 Å². The Balaban J connectivity index is 1.90. The number of hydrazine groups is 1. The molecule has 5 heteroatoms. The van der Waals surface area contributed by atoms with Crippen LogP contribution >= 0.6 is 0 Å². The zero-order chi connectivity index (χ0) is 12.1. The summed E-state index contributed by atoms with van der Waals surface area (Å²) in [5, 5.41) is 3.10. The van der Waals surface area contributed by atoms with E-state index in [4.69, 9.17) is 4.74 Å². The molecule has 0 unspecified atom stereocenters. The quantitative estimate of drug-likeness (QED) is 0.670. The molecule has 3 N–H and O–H groups in total. The lowest BCUT2D eigenvalue weighted by atomic mass is 10.2. The van der Waals surface area contributed by atoms with Crippen molar-refractivity contribution < 1.29 is 4.74 Å². The summed E-state index contributed by atoms with van der Waals surface area (Å²) in [6.45, 7) is 5.62. The Morgan fingerprint density at radius 2 is 2.18 bits per heavy atom. The Hall–Kier alpha value is -2.17. The van der Waals surface area contributed by atoms with Crippen molar-refractivity contribution >= 4 is 11.7 Å². The molecular weight excluding hydrogens is 216 g/mol. The predicted molar refractivity (Wildman–Crippen MR) is 68.6 cm³/mol. The molecule has 0 spiro atoms. The van der Waals surface area contributed by atoms with E-state index in [-0.39, 0.29) is 0 Å². The number of nitrogens with one attached hydrogen (secondary N) is 3. The molecule has 5 nitrogen and oxygen atoms in total. The van der Waals surface area contributed by atoms with Gasteiger partial charge in [-0.15, -0.1) is 0 Å². The number of hydrogen-bond donors (Lipinski definition) is 3. The van der Waals surface area contributed by atoms with Gasteiger partial charge in [-0.1, -0.05) is 6.58 Å². The van der Waals surface area contributed by atoms with Crippen LogP contribution in [0.2, 0.25) is 0 Å². The van der Waals surface area contributed by atoms with Crippen molar-refractivity contribution in [1.29, 1.82) is 0 Å². The van der Waals surface area contributed by atoms with Gasteiger partial charge in [-0.3, -0.25) is 15.8 Å². The first-order valence-corrected chi connectivity index (χ1v) is 5.43. The normalized spacial score (nSPS) is 13.6. The average Bonchev–Trinajstić information content (AvgIpc) is 2.89. The summed E-state index contributed by atoms with van der Waals surface area (Å²) in [4.78, 5) is 4.20. The maximum atomic E-state index is 5.10. The largest absolute Gasteiger partial charge is 0.497 e. The fourth-order valence-corrected chi connectivity index (χ4v) is 1.48. The van der Waals surface area contributed by atoms with Crippen LogP contribution < -0.4 is 20.9 Å². The van der Waals surface area contributed by atoms with Crippen LogP contribution in [-0.4, -0.2) is 26.2 Å². The lowest BCUT2D eigenvalue weighted by Crippen LogP contribution is -2.42. The van der Waals surface area contributed by atoms with Gasteiger partial charge in [0.2, 0.25) is 5.96 Å². The molecule has 0 amide bonds. The number of guanidine groups is 1. The summed E-state index contributed by atoms with van der Waals surface area (Å²) in [6.07, 6.45) is 0. The topological polar surface area (TPSA) is 57.7 Å². The highest BCUT2D eigenvalue weighted by molar-refractivity contribution is 5.81. The summed E-state index contributed by atoms with van der Waals surface area (Å²) in [5.74, 6) is 1.58. The van der Waals surface area contributed by atoms with Gasteiger partial charge in [-0.2, -0.15) is 0 Å². The molecule has 0 saturated heterocycles. The summed E-state index contributed by atoms with van der Waals surface area (Å²) in [7, 11) is 1.65. The smallest absolute Gasteiger partial charge is 0.210 e. The molecule has 0 saturated carbocycles. The van der Waals surface area contributed by atoms with Gasteiger partial charge in [0, 0.05) is 6.54 Å². The Morgan fingerprint density at radius 1 is 1.41 bits per heavy atom. The van der Waals surface area contributed by atoms with Gasteiger partial charge in [0.05, 0.1) is 19.4 Å². The summed E-state index contributed by atoms with van der Waals surface area (Å²) < 4.78 is 5.10. The number of nitrogens with zero attached hydrogens (tertiary/aromatic N) is 1. The Bertz CT molecular complexity index is 425. The molecule has 0 aliphatic carbocycles. The van der Waals surface area contributed by atoms with Crippen molar-refractivity contribution in [2.24, 2.45) is 4.99 Å². The molecule has 0 fully saturated rings. The summed E-state index contributed by atoms with van der Waals surface area (Å²) >= 11 is 0. The van der Waals surface area contributed by atoms with Gasteiger partial charge >= 0.3 is 0 Å². The molecule has 0 radical (unpaired) electrons. The van der Waals surface area contributed by atoms with E-state index in [2.05, 4.69) is 27.7 Å². The third-order valence-corrected chi connectivity index (χ3v) is 2.44. The van der Waals surface area contributed by atoms with Crippen LogP contribution in [0.4, 0.5) is 0 Å². The fraction of sp³-hybridized carbons (Fsp3) is 0.250. The summed E-state index contributed by atoms with van der Waals surface area (Å²) in [5.41, 5.74) is 7.74. The molecule has 1 aromatic carbocycles. The highest BCUT2D eigenvalue weighted by atomic mass is 16.5. The van der Waals surface area contributed by atoms with Crippen LogP contribution in [-0.2, 0) is 0 Å². The number of methoxy groups -OCH3 is 1. The van der Waals surface area contributed by atoms with Crippen molar-refractivity contribution in [2.45, 2.75) is 0 Å². The van der Waals surface area contributed by atoms with E-state index in [1.54, 1.807) is 7.11 Å². The van der Waals surface area contributed by atoms with Gasteiger partial charge in [0.1, 0.15) is 5.75 Å². The number of hydrogen-bond acceptors (Lipinski definition) is 5. The highest BCUT2D eigenvalue weighted by Crippen LogP contribution is 2.14. The first kappa shape index (κ1) is 11.3. The molecule has 0 aromatic heterocycles. The molecule has 0 bridgehead atoms. The Kier molecular flexibility index (Phi) is 3.49. The van der Waals surface area contributed by atoms with E-state index >= 15 is 0 Å². The van der Waals surface area contributed by atoms with Crippen LogP contribution in [0.5, 0.6) is 5.75 Å². The van der Waals surface area contributed by atoms with E-state index in [0.717, 1.165) is 36.1 Å². The molecule has 1 heterocycles. The molecule has 1 aromatic rings. The zero-order valence-corrected chi connectivity index (χ0v) is 9.79. The van der Waals surface area contributed by atoms with Gasteiger partial charge in [-0.05, 0) is 29.8 Å². The Morgan fingerprint density at radius 3 is 2.76 bits per heavy atom. The van der Waals surface area contributed by atoms with Gasteiger partial charge in [0.15, 0.2) is 0 Å². The molecule has 2 rings (SSSR count). The number of ether oxygens (including phenoxy) is 1. The first-order chi connectivity index (χ1) is 8.29. The lowest BCUT2D eigenvalue weighted by molar-refractivity contribution is 0.415. The standard InChI is InChI=1S/C12H16N4O/c1-9(15-16-12-13-7-8-14-12)10-3-5-11(17-2)6-4-10/h3-6,15H,1,7-8H2,2H3,(H2,13,14,16). The molecule has 17 heavy (non-hydrogen) atoms. The minimum absolute atomic E-state index is 0.750. The van der Waals surface area contributed by atoms with Crippen molar-refractivity contribution in [3.05, 3.63) is 36.4 Å². The van der Waals surface area contributed by atoms with Crippen LogP contribution in [0.1, 0.15) is 5.56 Å². The molecule has 1 aliphatic rings. The monoisotopic (exact) mass is 232 g/mol. The molecule has 90 valence electrons. The third-order valence-electron chi connectivity index (χ3n) is 2.44. The molecule has 1 aliphatic heterocycles. The zero-order valence-electron chi connectivity index (χ0n) is 9.79. The maximum absolute atomic E-state index is 5.10. The Labute approximate surface area is 101 Å². The van der Waals surface area contributed by atoms with E-state index in [0.29, 0.717) is 0 Å². The van der Waals surface area contributed by atoms with E-state index in [1.807, 2.05) is 24.3 Å². The van der Waals surface area contributed by atoms with Crippen LogP contribution in [0, 0.1) is 0 Å². The minimum atomic E-state index is 0.750. The van der Waals surface area contributed by atoms with Crippen molar-refractivity contribution in [3.8, 4) is 5.75 Å². The number of benzene rings is 1. The van der Waals surface area contributed by atoms with Crippen LogP contribution in [0.15, 0.2) is 35.8 Å². The first-order valence-electron chi connectivity index (χ1n) is 5.43. The van der Waals surface area contributed by atoms with E-state index < -0.39 is 0 Å². The minimum Gasteiger partial charge on any atom is -0.497 e. The molecule has 0 atom stereocenters. The van der Waals surface area contributed by atoms with E-state index in [1.165, 1.54) is 0 Å². The van der Waals surface area contributed by atoms with Crippen molar-refractivity contribution in [1.82, 2.24) is 16.2 Å². The van der Waals surface area contributed by atoms with Crippen LogP contribution in [0.25, 0.3) is 5.70 Å². The second kappa shape index (κ2) is 5.25. The number of aliphatic imine (C=N–C) groups is 1. The SMILES string of the molecule is C=C(NNC1=NCCN1)c1ccc(OC)cc1. The second-order valence-electron chi connectivity index (χ2n) is 3.61. The van der Waals surface area contributed by atoms with Gasteiger partial charge in [-0.25, -0.2) is 0 Å². The summed E-state index contributed by atoms with van der Waals surface area (Å²) in [6, 6.07) is 7.68. The second-order valence-corrected chi connectivity index (χ2v) is 3.61. The number of rotatable bonds is 4. The van der Waals surface area contributed by atoms with Crippen molar-refractivity contribution in [3.63, 3.8) is 0 Å². The van der Waals surface area contributed by atoms with Crippen molar-refractivity contribution in [2.75, 3.05) is 20.2 Å². The highest BCUT2D eigenvalue weighted by Gasteiger charge is 2.04. The lowest BCUT2D eigenvalue weighted by Gasteiger charge is -2.12. The average molecular weight is 232 g/mol. The predicted octanol–water partition coefficient (Wildman–Crippen LogP) is 0.719.